The lowest BCUT2D eigenvalue weighted by atomic mass is 10.1. The van der Waals surface area contributed by atoms with Gasteiger partial charge in [0, 0.05) is 12.8 Å². The van der Waals surface area contributed by atoms with E-state index in [4.69, 9.17) is 4.84 Å². The Hall–Kier alpha value is -1.39. The number of ether oxygens (including phenoxy) is 1. The van der Waals surface area contributed by atoms with Crippen LogP contribution in [0.25, 0.3) is 0 Å². The summed E-state index contributed by atoms with van der Waals surface area (Å²) in [6.07, 6.45) is 10.7. The Morgan fingerprint density at radius 3 is 2.33 bits per heavy atom. The number of carbonyl (C=O) groups is 2. The molecule has 0 fully saturated rings. The fourth-order valence-electron chi connectivity index (χ4n) is 1.87. The van der Waals surface area contributed by atoms with Gasteiger partial charge in [-0.1, -0.05) is 50.6 Å². The predicted molar refractivity (Wildman–Crippen MR) is 83.3 cm³/mol. The molecule has 5 nitrogen and oxygen atoms in total. The van der Waals surface area contributed by atoms with E-state index in [0.29, 0.717) is 13.0 Å². The average Bonchev–Trinajstić information content (AvgIpc) is 2.46. The smallest absolute Gasteiger partial charge is 0.347 e. The first kappa shape index (κ1) is 19.6. The van der Waals surface area contributed by atoms with Crippen LogP contribution in [0.15, 0.2) is 5.16 Å². The highest BCUT2D eigenvalue weighted by Gasteiger charge is 2.01. The summed E-state index contributed by atoms with van der Waals surface area (Å²) in [7, 11) is 0. The zero-order valence-electron chi connectivity index (χ0n) is 13.4. The molecule has 0 saturated carbocycles. The van der Waals surface area contributed by atoms with Crippen LogP contribution in [0.3, 0.4) is 0 Å². The molecule has 0 N–H and O–H groups in total. The van der Waals surface area contributed by atoms with Gasteiger partial charge in [0.05, 0.1) is 12.8 Å². The molecule has 0 spiro atoms. The summed E-state index contributed by atoms with van der Waals surface area (Å²) in [4.78, 5) is 27.2. The van der Waals surface area contributed by atoms with Crippen molar-refractivity contribution in [2.45, 2.75) is 71.6 Å². The minimum absolute atomic E-state index is 0.159. The van der Waals surface area contributed by atoms with Gasteiger partial charge >= 0.3 is 5.97 Å². The Bertz CT molecular complexity index is 303. The number of rotatable bonds is 14. The maximum absolute atomic E-state index is 11.5. The van der Waals surface area contributed by atoms with Crippen molar-refractivity contribution in [3.63, 3.8) is 0 Å². The minimum Gasteiger partial charge on any atom is -0.463 e. The van der Waals surface area contributed by atoms with Gasteiger partial charge in [-0.05, 0) is 13.3 Å². The van der Waals surface area contributed by atoms with Crippen molar-refractivity contribution in [2.75, 3.05) is 13.2 Å². The van der Waals surface area contributed by atoms with Crippen molar-refractivity contribution in [1.82, 2.24) is 0 Å². The summed E-state index contributed by atoms with van der Waals surface area (Å²) in [5.74, 6) is -0.295. The van der Waals surface area contributed by atoms with Gasteiger partial charge in [0.15, 0.2) is 0 Å². The lowest BCUT2D eigenvalue weighted by Gasteiger charge is -2.00. The topological polar surface area (TPSA) is 65.0 Å². The van der Waals surface area contributed by atoms with E-state index in [0.717, 1.165) is 12.8 Å². The number of hydrogen-bond acceptors (Lipinski definition) is 5. The first-order valence-corrected chi connectivity index (χ1v) is 8.01. The van der Waals surface area contributed by atoms with E-state index in [-0.39, 0.29) is 18.8 Å². The molecular formula is C16H29NO4. The molecule has 0 saturated heterocycles. The van der Waals surface area contributed by atoms with Gasteiger partial charge in [-0.15, -0.1) is 0 Å². The Morgan fingerprint density at radius 2 is 1.67 bits per heavy atom. The minimum atomic E-state index is -0.455. The Morgan fingerprint density at radius 1 is 1.00 bits per heavy atom. The molecule has 0 aromatic carbocycles. The van der Waals surface area contributed by atoms with E-state index in [1.54, 1.807) is 6.92 Å². The lowest BCUT2D eigenvalue weighted by Crippen LogP contribution is -2.10. The third-order valence-corrected chi connectivity index (χ3v) is 3.01. The van der Waals surface area contributed by atoms with Crippen LogP contribution in [0.2, 0.25) is 0 Å². The van der Waals surface area contributed by atoms with Crippen LogP contribution in [-0.2, 0) is 19.2 Å². The van der Waals surface area contributed by atoms with Crippen LogP contribution >= 0.6 is 0 Å². The standard InChI is InChI=1S/C16H29NO4/c1-3-5-6-7-8-9-10-11-15(18)12-13-17-21-14-16(19)20-4-2/h13H,3-12,14H2,1-2H3/b17-13+. The van der Waals surface area contributed by atoms with Gasteiger partial charge in [0.2, 0.25) is 6.61 Å². The molecule has 0 aromatic heterocycles. The molecule has 0 aliphatic rings. The van der Waals surface area contributed by atoms with Gasteiger partial charge in [0.1, 0.15) is 5.78 Å². The van der Waals surface area contributed by atoms with Crippen LogP contribution in [0.4, 0.5) is 0 Å². The quantitative estimate of drug-likeness (QED) is 0.212. The van der Waals surface area contributed by atoms with Gasteiger partial charge in [-0.25, -0.2) is 4.79 Å². The molecule has 0 radical (unpaired) electrons. The van der Waals surface area contributed by atoms with Gasteiger partial charge in [-0.2, -0.15) is 0 Å². The van der Waals surface area contributed by atoms with E-state index < -0.39 is 5.97 Å². The summed E-state index contributed by atoms with van der Waals surface area (Å²) < 4.78 is 4.67. The summed E-state index contributed by atoms with van der Waals surface area (Å²) in [6, 6.07) is 0. The zero-order valence-corrected chi connectivity index (χ0v) is 13.4. The molecule has 122 valence electrons. The molecule has 0 aliphatic heterocycles. The second-order valence-corrected chi connectivity index (χ2v) is 4.98. The number of nitrogens with zero attached hydrogens (tertiary/aromatic N) is 1. The molecule has 0 amide bonds. The van der Waals surface area contributed by atoms with Crippen molar-refractivity contribution >= 4 is 18.0 Å². The van der Waals surface area contributed by atoms with Crippen LogP contribution in [0.5, 0.6) is 0 Å². The maximum Gasteiger partial charge on any atom is 0.347 e. The maximum atomic E-state index is 11.5. The first-order chi connectivity index (χ1) is 10.2. The molecule has 0 aromatic rings. The van der Waals surface area contributed by atoms with E-state index in [2.05, 4.69) is 16.8 Å². The molecule has 0 bridgehead atoms. The highest BCUT2D eigenvalue weighted by atomic mass is 16.6. The Labute approximate surface area is 128 Å². The summed E-state index contributed by atoms with van der Waals surface area (Å²) in [5.41, 5.74) is 0. The van der Waals surface area contributed by atoms with E-state index in [1.165, 1.54) is 38.3 Å². The molecule has 0 aliphatic carbocycles. The van der Waals surface area contributed by atoms with Crippen molar-refractivity contribution in [3.8, 4) is 0 Å². The normalized spacial score (nSPS) is 10.8. The van der Waals surface area contributed by atoms with Crippen molar-refractivity contribution in [2.24, 2.45) is 5.16 Å². The highest BCUT2D eigenvalue weighted by molar-refractivity contribution is 5.91. The van der Waals surface area contributed by atoms with E-state index in [9.17, 15) is 9.59 Å². The second kappa shape index (κ2) is 15.0. The molecule has 0 unspecified atom stereocenters. The number of ketones is 1. The number of unbranched alkanes of at least 4 members (excludes halogenated alkanes) is 6. The van der Waals surface area contributed by atoms with Crippen molar-refractivity contribution in [3.05, 3.63) is 0 Å². The van der Waals surface area contributed by atoms with Crippen molar-refractivity contribution < 1.29 is 19.2 Å². The molecule has 21 heavy (non-hydrogen) atoms. The largest absolute Gasteiger partial charge is 0.463 e. The number of hydrogen-bond donors (Lipinski definition) is 0. The van der Waals surface area contributed by atoms with Crippen LogP contribution in [0, 0.1) is 0 Å². The molecule has 0 heterocycles. The predicted octanol–water partition coefficient (Wildman–Crippen LogP) is 3.65. The third-order valence-electron chi connectivity index (χ3n) is 3.01. The monoisotopic (exact) mass is 299 g/mol. The third kappa shape index (κ3) is 14.8. The van der Waals surface area contributed by atoms with Crippen LogP contribution < -0.4 is 0 Å². The average molecular weight is 299 g/mol. The van der Waals surface area contributed by atoms with Crippen LogP contribution in [0.1, 0.15) is 71.6 Å². The fourth-order valence-corrected chi connectivity index (χ4v) is 1.87. The van der Waals surface area contributed by atoms with Gasteiger partial charge in [-0.3, -0.25) is 4.79 Å². The SMILES string of the molecule is CCCCCCCCCC(=O)C/C=N/OCC(=O)OCC. The fraction of sp³-hybridized carbons (Fsp3) is 0.812. The van der Waals surface area contributed by atoms with E-state index >= 15 is 0 Å². The summed E-state index contributed by atoms with van der Waals surface area (Å²) in [6.45, 7) is 4.04. The molecule has 0 atom stereocenters. The lowest BCUT2D eigenvalue weighted by molar-refractivity contribution is -0.148. The summed E-state index contributed by atoms with van der Waals surface area (Å²) >= 11 is 0. The van der Waals surface area contributed by atoms with Crippen molar-refractivity contribution in [1.29, 1.82) is 0 Å². The van der Waals surface area contributed by atoms with E-state index in [1.807, 2.05) is 0 Å². The second-order valence-electron chi connectivity index (χ2n) is 4.98. The van der Waals surface area contributed by atoms with Crippen LogP contribution in [-0.4, -0.2) is 31.2 Å². The number of esters is 1. The molecule has 0 rings (SSSR count). The molecular weight excluding hydrogens is 270 g/mol. The Balaban J connectivity index is 3.39. The van der Waals surface area contributed by atoms with Gasteiger partial charge < -0.3 is 9.57 Å². The Kier molecular flexibility index (Phi) is 14.0. The van der Waals surface area contributed by atoms with Gasteiger partial charge in [0.25, 0.3) is 0 Å². The number of Topliss-reactive ketones (excluding diaryl/α,β-unsaturated/α-hetero) is 1. The highest BCUT2D eigenvalue weighted by Crippen LogP contribution is 2.08. The number of carbonyl (C=O) groups excluding carboxylic acids is 2. The zero-order chi connectivity index (χ0) is 15.8. The number of oxime groups is 1. The molecule has 5 heteroatoms. The summed E-state index contributed by atoms with van der Waals surface area (Å²) in [5, 5.41) is 3.57. The first-order valence-electron chi connectivity index (χ1n) is 8.01.